The molecule has 1 N–H and O–H groups in total. The Kier molecular flexibility index (Phi) is 3.79. The third-order valence-corrected chi connectivity index (χ3v) is 3.59. The van der Waals surface area contributed by atoms with E-state index in [1.54, 1.807) is 0 Å². The van der Waals surface area contributed by atoms with Gasteiger partial charge in [-0.05, 0) is 23.1 Å². The first kappa shape index (κ1) is 12.9. The lowest BCUT2D eigenvalue weighted by Crippen LogP contribution is -2.42. The Morgan fingerprint density at radius 3 is 2.55 bits per heavy atom. The molecule has 0 amide bonds. The number of hydrogen-bond acceptors (Lipinski definition) is 3. The van der Waals surface area contributed by atoms with E-state index in [1.807, 2.05) is 42.5 Å². The Hall–Kier alpha value is -2.13. The van der Waals surface area contributed by atoms with E-state index < -0.39 is 0 Å². The van der Waals surface area contributed by atoms with Gasteiger partial charge in [0.1, 0.15) is 12.6 Å². The van der Waals surface area contributed by atoms with Gasteiger partial charge in [0, 0.05) is 6.54 Å². The Morgan fingerprint density at radius 1 is 1.05 bits per heavy atom. The summed E-state index contributed by atoms with van der Waals surface area (Å²) >= 11 is 0. The second-order valence-corrected chi connectivity index (χ2v) is 5.00. The molecule has 0 aromatic heterocycles. The number of carbonyl (C=O) groups excluding carboxylic acids is 1. The molecule has 0 fully saturated rings. The largest absolute Gasteiger partial charge is 0.460 e. The number of fused-ring (bicyclic) bond motifs is 1. The summed E-state index contributed by atoms with van der Waals surface area (Å²) in [6.07, 6.45) is 0.698. The maximum atomic E-state index is 12.1. The fraction of sp³-hybridized carbons (Fsp3) is 0.235. The van der Waals surface area contributed by atoms with Crippen LogP contribution in [-0.4, -0.2) is 12.0 Å². The summed E-state index contributed by atoms with van der Waals surface area (Å²) in [5, 5.41) is 3.24. The predicted molar refractivity (Wildman–Crippen MR) is 77.0 cm³/mol. The molecule has 0 radical (unpaired) electrons. The number of esters is 1. The maximum Gasteiger partial charge on any atom is 0.323 e. The van der Waals surface area contributed by atoms with Gasteiger partial charge in [-0.15, -0.1) is 0 Å². The molecule has 2 aromatic carbocycles. The van der Waals surface area contributed by atoms with Crippen LogP contribution in [0.3, 0.4) is 0 Å². The van der Waals surface area contributed by atoms with E-state index in [2.05, 4.69) is 17.4 Å². The number of hydrogen-bond donors (Lipinski definition) is 1. The van der Waals surface area contributed by atoms with Crippen LogP contribution in [0.15, 0.2) is 54.6 Å². The zero-order valence-electron chi connectivity index (χ0n) is 11.2. The van der Waals surface area contributed by atoms with Gasteiger partial charge >= 0.3 is 5.97 Å². The van der Waals surface area contributed by atoms with Crippen LogP contribution < -0.4 is 5.32 Å². The van der Waals surface area contributed by atoms with Crippen molar-refractivity contribution in [2.75, 3.05) is 0 Å². The van der Waals surface area contributed by atoms with Crippen molar-refractivity contribution in [3.63, 3.8) is 0 Å². The molecule has 102 valence electrons. The van der Waals surface area contributed by atoms with Crippen molar-refractivity contribution < 1.29 is 9.53 Å². The van der Waals surface area contributed by atoms with Gasteiger partial charge in [0.15, 0.2) is 0 Å². The highest BCUT2D eigenvalue weighted by Crippen LogP contribution is 2.17. The number of carbonyl (C=O) groups is 1. The highest BCUT2D eigenvalue weighted by atomic mass is 16.5. The predicted octanol–water partition coefficient (Wildman–Crippen LogP) is 2.44. The first-order chi connectivity index (χ1) is 9.83. The molecule has 20 heavy (non-hydrogen) atoms. The van der Waals surface area contributed by atoms with E-state index in [0.717, 1.165) is 12.1 Å². The van der Waals surface area contributed by atoms with Crippen molar-refractivity contribution in [3.05, 3.63) is 71.3 Å². The second-order valence-electron chi connectivity index (χ2n) is 5.00. The topological polar surface area (TPSA) is 38.3 Å². The third-order valence-electron chi connectivity index (χ3n) is 3.59. The summed E-state index contributed by atoms with van der Waals surface area (Å²) < 4.78 is 5.38. The summed E-state index contributed by atoms with van der Waals surface area (Å²) in [5.41, 5.74) is 3.50. The SMILES string of the molecule is O=C(OCc1ccccc1)[C@H]1Cc2ccccc2CN1. The van der Waals surface area contributed by atoms with Gasteiger partial charge in [0.05, 0.1) is 0 Å². The lowest BCUT2D eigenvalue weighted by atomic mass is 9.96. The number of nitrogens with one attached hydrogen (secondary N) is 1. The van der Waals surface area contributed by atoms with Gasteiger partial charge < -0.3 is 10.1 Å². The first-order valence-electron chi connectivity index (χ1n) is 6.83. The van der Waals surface area contributed by atoms with Crippen molar-refractivity contribution in [2.24, 2.45) is 0 Å². The van der Waals surface area contributed by atoms with E-state index in [0.29, 0.717) is 13.0 Å². The minimum atomic E-state index is -0.242. The molecule has 2 aromatic rings. The second kappa shape index (κ2) is 5.88. The van der Waals surface area contributed by atoms with E-state index in [4.69, 9.17) is 4.74 Å². The highest BCUT2D eigenvalue weighted by molar-refractivity contribution is 5.76. The van der Waals surface area contributed by atoms with Crippen LogP contribution in [0.5, 0.6) is 0 Å². The quantitative estimate of drug-likeness (QED) is 0.868. The third kappa shape index (κ3) is 2.89. The average Bonchev–Trinajstić information content (AvgIpc) is 2.53. The number of rotatable bonds is 3. The van der Waals surface area contributed by atoms with Gasteiger partial charge in [-0.1, -0.05) is 54.6 Å². The molecule has 0 saturated heterocycles. The van der Waals surface area contributed by atoms with Crippen molar-refractivity contribution >= 4 is 5.97 Å². The van der Waals surface area contributed by atoms with Crippen molar-refractivity contribution in [1.82, 2.24) is 5.32 Å². The van der Waals surface area contributed by atoms with Crippen molar-refractivity contribution in [3.8, 4) is 0 Å². The van der Waals surface area contributed by atoms with Crippen LogP contribution in [0.1, 0.15) is 16.7 Å². The Bertz CT molecular complexity index is 595. The molecule has 1 aliphatic heterocycles. The fourth-order valence-electron chi connectivity index (χ4n) is 2.45. The summed E-state index contributed by atoms with van der Waals surface area (Å²) in [7, 11) is 0. The fourth-order valence-corrected chi connectivity index (χ4v) is 2.45. The van der Waals surface area contributed by atoms with Gasteiger partial charge in [-0.3, -0.25) is 4.79 Å². The van der Waals surface area contributed by atoms with Crippen LogP contribution in [-0.2, 0) is 29.1 Å². The molecule has 1 aliphatic rings. The molecule has 3 heteroatoms. The maximum absolute atomic E-state index is 12.1. The Balaban J connectivity index is 1.59. The average molecular weight is 267 g/mol. The van der Waals surface area contributed by atoms with Gasteiger partial charge in [-0.25, -0.2) is 0 Å². The molecular weight excluding hydrogens is 250 g/mol. The zero-order chi connectivity index (χ0) is 13.8. The Morgan fingerprint density at radius 2 is 1.75 bits per heavy atom. The molecule has 1 heterocycles. The summed E-state index contributed by atoms with van der Waals surface area (Å²) in [6.45, 7) is 1.06. The van der Waals surface area contributed by atoms with E-state index >= 15 is 0 Å². The zero-order valence-corrected chi connectivity index (χ0v) is 11.2. The molecule has 0 aliphatic carbocycles. The molecule has 1 atom stereocenters. The Labute approximate surface area is 118 Å². The van der Waals surface area contributed by atoms with Crippen LogP contribution in [0, 0.1) is 0 Å². The lowest BCUT2D eigenvalue weighted by Gasteiger charge is -2.24. The van der Waals surface area contributed by atoms with Crippen LogP contribution >= 0.6 is 0 Å². The van der Waals surface area contributed by atoms with Crippen molar-refractivity contribution in [2.45, 2.75) is 25.6 Å². The van der Waals surface area contributed by atoms with Crippen molar-refractivity contribution in [1.29, 1.82) is 0 Å². The molecule has 0 bridgehead atoms. The summed E-state index contributed by atoms with van der Waals surface area (Å²) in [6, 6.07) is 17.7. The highest BCUT2D eigenvalue weighted by Gasteiger charge is 2.24. The summed E-state index contributed by atoms with van der Waals surface area (Å²) in [5.74, 6) is -0.177. The van der Waals surface area contributed by atoms with Gasteiger partial charge in [0.2, 0.25) is 0 Å². The minimum absolute atomic E-state index is 0.177. The van der Waals surface area contributed by atoms with Crippen LogP contribution in [0.4, 0.5) is 0 Å². The van der Waals surface area contributed by atoms with Gasteiger partial charge in [-0.2, -0.15) is 0 Å². The lowest BCUT2D eigenvalue weighted by molar-refractivity contribution is -0.147. The molecular formula is C17H17NO2. The molecule has 3 rings (SSSR count). The summed E-state index contributed by atoms with van der Waals surface area (Å²) in [4.78, 5) is 12.1. The smallest absolute Gasteiger partial charge is 0.323 e. The molecule has 3 nitrogen and oxygen atoms in total. The first-order valence-corrected chi connectivity index (χ1v) is 6.83. The van der Waals surface area contributed by atoms with Crippen LogP contribution in [0.25, 0.3) is 0 Å². The number of benzene rings is 2. The van der Waals surface area contributed by atoms with Gasteiger partial charge in [0.25, 0.3) is 0 Å². The number of ether oxygens (including phenoxy) is 1. The monoisotopic (exact) mass is 267 g/mol. The molecule has 0 unspecified atom stereocenters. The van der Waals surface area contributed by atoms with E-state index in [9.17, 15) is 4.79 Å². The standard InChI is InChI=1S/C17H17NO2/c19-17(20-12-13-6-2-1-3-7-13)16-10-14-8-4-5-9-15(14)11-18-16/h1-9,16,18H,10-12H2/t16-/m1/s1. The molecule has 0 spiro atoms. The van der Waals surface area contributed by atoms with Crippen LogP contribution in [0.2, 0.25) is 0 Å². The van der Waals surface area contributed by atoms with E-state index in [1.165, 1.54) is 11.1 Å². The minimum Gasteiger partial charge on any atom is -0.460 e. The molecule has 0 saturated carbocycles. The normalized spacial score (nSPS) is 17.3. The van der Waals surface area contributed by atoms with E-state index in [-0.39, 0.29) is 12.0 Å².